The zero-order valence-electron chi connectivity index (χ0n) is 17.0. The molecule has 29 heavy (non-hydrogen) atoms. The molecule has 154 valence electrons. The quantitative estimate of drug-likeness (QED) is 0.796. The molecule has 1 saturated carbocycles. The largest absolute Gasteiger partial charge is 0.369 e. The predicted octanol–water partition coefficient (Wildman–Crippen LogP) is 1.66. The fraction of sp³-hybridized carbons (Fsp3) is 0.652. The molecule has 1 aromatic rings. The normalized spacial score (nSPS) is 32.0. The van der Waals surface area contributed by atoms with Gasteiger partial charge >= 0.3 is 0 Å². The standard InChI is InChI=1S/C23H31N5O/c24-14-19(26-23(29)22-17-5-6-18(13-17)25-22)12-16-3-7-20(8-4-16)28-11-10-27-9-1-2-21(27)15-28/h3-4,7-8,17-19,21-22,25H,1-2,5-6,9-13,15H2,(H,26,29)/t17-,18+,19-,21?,22-/m0/s1. The van der Waals surface area contributed by atoms with E-state index < -0.39 is 6.04 Å². The summed E-state index contributed by atoms with van der Waals surface area (Å²) in [5, 5.41) is 15.9. The molecule has 3 saturated heterocycles. The monoisotopic (exact) mass is 393 g/mol. The van der Waals surface area contributed by atoms with Crippen molar-refractivity contribution in [3.05, 3.63) is 29.8 Å². The van der Waals surface area contributed by atoms with Crippen molar-refractivity contribution in [2.75, 3.05) is 31.1 Å². The third-order valence-electron chi connectivity index (χ3n) is 7.44. The second-order valence-corrected chi connectivity index (χ2v) is 9.25. The van der Waals surface area contributed by atoms with E-state index in [1.54, 1.807) is 0 Å². The number of carbonyl (C=O) groups is 1. The second-order valence-electron chi connectivity index (χ2n) is 9.25. The Kier molecular flexibility index (Phi) is 5.19. The van der Waals surface area contributed by atoms with Gasteiger partial charge in [-0.25, -0.2) is 0 Å². The first kappa shape index (κ1) is 18.9. The van der Waals surface area contributed by atoms with E-state index in [-0.39, 0.29) is 11.9 Å². The molecule has 2 N–H and O–H groups in total. The number of rotatable bonds is 5. The van der Waals surface area contributed by atoms with Gasteiger partial charge in [0.05, 0.1) is 12.1 Å². The van der Waals surface area contributed by atoms with Gasteiger partial charge in [-0.3, -0.25) is 9.69 Å². The molecule has 0 spiro atoms. The molecule has 4 fully saturated rings. The number of nitrogens with one attached hydrogen (secondary N) is 2. The number of anilines is 1. The Hall–Kier alpha value is -2.10. The molecule has 1 aromatic carbocycles. The molecular weight excluding hydrogens is 362 g/mol. The van der Waals surface area contributed by atoms with Crippen molar-refractivity contribution in [1.82, 2.24) is 15.5 Å². The number of hydrogen-bond donors (Lipinski definition) is 2. The highest BCUT2D eigenvalue weighted by Gasteiger charge is 2.43. The molecule has 1 unspecified atom stereocenters. The summed E-state index contributed by atoms with van der Waals surface area (Å²) in [4.78, 5) is 17.7. The predicted molar refractivity (Wildman–Crippen MR) is 113 cm³/mol. The maximum atomic E-state index is 12.6. The first-order valence-corrected chi connectivity index (χ1v) is 11.2. The van der Waals surface area contributed by atoms with Crippen LogP contribution in [0.1, 0.15) is 37.7 Å². The van der Waals surface area contributed by atoms with Crippen molar-refractivity contribution < 1.29 is 4.79 Å². The van der Waals surface area contributed by atoms with Gasteiger partial charge in [0, 0.05) is 43.8 Å². The van der Waals surface area contributed by atoms with Crippen molar-refractivity contribution in [1.29, 1.82) is 5.26 Å². The number of piperidine rings is 1. The molecule has 0 radical (unpaired) electrons. The van der Waals surface area contributed by atoms with E-state index in [0.717, 1.165) is 38.0 Å². The molecule has 5 rings (SSSR count). The first-order valence-electron chi connectivity index (χ1n) is 11.2. The number of hydrogen-bond acceptors (Lipinski definition) is 5. The fourth-order valence-electron chi connectivity index (χ4n) is 5.84. The van der Waals surface area contributed by atoms with Crippen molar-refractivity contribution in [3.63, 3.8) is 0 Å². The average molecular weight is 394 g/mol. The van der Waals surface area contributed by atoms with E-state index in [2.05, 4.69) is 50.8 Å². The minimum atomic E-state index is -0.476. The lowest BCUT2D eigenvalue weighted by atomic mass is 9.98. The first-order chi connectivity index (χ1) is 14.2. The summed E-state index contributed by atoms with van der Waals surface area (Å²) in [5.41, 5.74) is 2.37. The number of nitrogens with zero attached hydrogens (tertiary/aromatic N) is 3. The number of amides is 1. The number of benzene rings is 1. The lowest BCUT2D eigenvalue weighted by molar-refractivity contribution is -0.124. The number of nitriles is 1. The molecule has 1 aliphatic carbocycles. The summed E-state index contributed by atoms with van der Waals surface area (Å²) < 4.78 is 0. The molecule has 6 heteroatoms. The highest BCUT2D eigenvalue weighted by molar-refractivity contribution is 5.83. The van der Waals surface area contributed by atoms with Crippen LogP contribution in [0, 0.1) is 17.2 Å². The minimum Gasteiger partial charge on any atom is -0.369 e. The lowest BCUT2D eigenvalue weighted by Crippen LogP contribution is -2.50. The van der Waals surface area contributed by atoms with Gasteiger partial charge in [0.2, 0.25) is 5.91 Å². The summed E-state index contributed by atoms with van der Waals surface area (Å²) >= 11 is 0. The van der Waals surface area contributed by atoms with Crippen LogP contribution >= 0.6 is 0 Å². The minimum absolute atomic E-state index is 0.00481. The summed E-state index contributed by atoms with van der Waals surface area (Å²) in [7, 11) is 0. The topological polar surface area (TPSA) is 71.4 Å². The summed E-state index contributed by atoms with van der Waals surface area (Å²) in [6.45, 7) is 4.62. The van der Waals surface area contributed by atoms with Crippen LogP contribution in [0.5, 0.6) is 0 Å². The number of carbonyl (C=O) groups excluding carboxylic acids is 1. The second kappa shape index (κ2) is 7.97. The Morgan fingerprint density at radius 1 is 1.21 bits per heavy atom. The van der Waals surface area contributed by atoms with Gasteiger partial charge in [0.25, 0.3) is 0 Å². The molecule has 3 heterocycles. The maximum Gasteiger partial charge on any atom is 0.238 e. The highest BCUT2D eigenvalue weighted by atomic mass is 16.2. The average Bonchev–Trinajstić information content (AvgIpc) is 3.50. The van der Waals surface area contributed by atoms with E-state index in [1.165, 1.54) is 31.5 Å². The van der Waals surface area contributed by atoms with Crippen molar-refractivity contribution in [3.8, 4) is 6.07 Å². The van der Waals surface area contributed by atoms with Crippen molar-refractivity contribution in [2.45, 2.75) is 62.7 Å². The summed E-state index contributed by atoms with van der Waals surface area (Å²) in [5.74, 6) is 0.439. The Labute approximate surface area is 173 Å². The Morgan fingerprint density at radius 2 is 2.07 bits per heavy atom. The molecule has 2 bridgehead atoms. The maximum absolute atomic E-state index is 12.6. The number of fused-ring (bicyclic) bond motifs is 3. The Bertz CT molecular complexity index is 787. The third kappa shape index (κ3) is 3.86. The number of piperazine rings is 1. The highest BCUT2D eigenvalue weighted by Crippen LogP contribution is 2.35. The van der Waals surface area contributed by atoms with Gasteiger partial charge in [-0.05, 0) is 62.3 Å². The molecule has 4 aliphatic rings. The smallest absolute Gasteiger partial charge is 0.238 e. The van der Waals surface area contributed by atoms with Crippen LogP contribution in [0.15, 0.2) is 24.3 Å². The zero-order chi connectivity index (χ0) is 19.8. The van der Waals surface area contributed by atoms with E-state index in [4.69, 9.17) is 0 Å². The van der Waals surface area contributed by atoms with Gasteiger partial charge < -0.3 is 15.5 Å². The van der Waals surface area contributed by atoms with Crippen molar-refractivity contribution in [2.24, 2.45) is 5.92 Å². The molecule has 0 aromatic heterocycles. The van der Waals surface area contributed by atoms with Crippen molar-refractivity contribution >= 4 is 11.6 Å². The molecule has 3 aliphatic heterocycles. The van der Waals surface area contributed by atoms with Gasteiger partial charge in [-0.1, -0.05) is 12.1 Å². The third-order valence-corrected chi connectivity index (χ3v) is 7.44. The molecule has 6 nitrogen and oxygen atoms in total. The van der Waals surface area contributed by atoms with E-state index in [1.807, 2.05) is 0 Å². The fourth-order valence-corrected chi connectivity index (χ4v) is 5.84. The van der Waals surface area contributed by atoms with Gasteiger partial charge in [-0.15, -0.1) is 0 Å². The van der Waals surface area contributed by atoms with Crippen LogP contribution in [0.2, 0.25) is 0 Å². The van der Waals surface area contributed by atoms with Crippen LogP contribution in [0.25, 0.3) is 0 Å². The molecule has 5 atom stereocenters. The van der Waals surface area contributed by atoms with E-state index in [0.29, 0.717) is 24.4 Å². The lowest BCUT2D eigenvalue weighted by Gasteiger charge is -2.38. The SMILES string of the molecule is N#C[C@H](Cc1ccc(N2CCN3CCCC3C2)cc1)NC(=O)[C@H]1N[C@@H]2CC[C@H]1C2. The van der Waals surface area contributed by atoms with E-state index >= 15 is 0 Å². The zero-order valence-corrected chi connectivity index (χ0v) is 17.0. The van der Waals surface area contributed by atoms with Crippen LogP contribution in [0.4, 0.5) is 5.69 Å². The van der Waals surface area contributed by atoms with Crippen LogP contribution in [-0.4, -0.2) is 61.2 Å². The van der Waals surface area contributed by atoms with Gasteiger partial charge in [0.15, 0.2) is 0 Å². The van der Waals surface area contributed by atoms with Gasteiger partial charge in [-0.2, -0.15) is 5.26 Å². The molecular formula is C23H31N5O. The van der Waals surface area contributed by atoms with Crippen LogP contribution < -0.4 is 15.5 Å². The van der Waals surface area contributed by atoms with Crippen LogP contribution in [-0.2, 0) is 11.2 Å². The summed E-state index contributed by atoms with van der Waals surface area (Å²) in [6.07, 6.45) is 6.61. The molecule has 1 amide bonds. The van der Waals surface area contributed by atoms with E-state index in [9.17, 15) is 10.1 Å². The Balaban J connectivity index is 1.16. The van der Waals surface area contributed by atoms with Gasteiger partial charge in [0.1, 0.15) is 6.04 Å². The van der Waals surface area contributed by atoms with Crippen LogP contribution in [0.3, 0.4) is 0 Å². The Morgan fingerprint density at radius 3 is 2.79 bits per heavy atom. The summed E-state index contributed by atoms with van der Waals surface area (Å²) in [6, 6.07) is 11.5.